The van der Waals surface area contributed by atoms with Crippen LogP contribution in [0.4, 0.5) is 5.82 Å². The van der Waals surface area contributed by atoms with E-state index in [9.17, 15) is 4.79 Å². The Kier molecular flexibility index (Phi) is 8.90. The molecule has 0 radical (unpaired) electrons. The summed E-state index contributed by atoms with van der Waals surface area (Å²) in [6.07, 6.45) is 4.22. The van der Waals surface area contributed by atoms with Gasteiger partial charge in [-0.25, -0.2) is 10.5 Å². The molecule has 106 valence electrons. The maximum Gasteiger partial charge on any atom is 0.267 e. The quantitative estimate of drug-likeness (QED) is 0.323. The molecule has 0 unspecified atom stereocenters. The number of pyridine rings is 1. The first-order valence-corrected chi connectivity index (χ1v) is 5.55. The van der Waals surface area contributed by atoms with Crippen molar-refractivity contribution in [2.45, 2.75) is 0 Å². The van der Waals surface area contributed by atoms with Gasteiger partial charge >= 0.3 is 0 Å². The van der Waals surface area contributed by atoms with E-state index in [1.807, 2.05) is 0 Å². The van der Waals surface area contributed by atoms with Crippen molar-refractivity contribution in [2.24, 2.45) is 0 Å². The predicted octanol–water partition coefficient (Wildman–Crippen LogP) is 1.73. The zero-order chi connectivity index (χ0) is 13.4. The third kappa shape index (κ3) is 6.40. The van der Waals surface area contributed by atoms with E-state index in [-0.39, 0.29) is 12.4 Å². The zero-order valence-electron chi connectivity index (χ0n) is 10.2. The molecule has 0 aromatic carbocycles. The lowest BCUT2D eigenvalue weighted by atomic mass is 10.2. The number of ether oxygens (including phenoxy) is 1. The molecule has 0 aliphatic heterocycles. The van der Waals surface area contributed by atoms with E-state index >= 15 is 0 Å². The van der Waals surface area contributed by atoms with Crippen LogP contribution in [0.25, 0.3) is 6.08 Å². The van der Waals surface area contributed by atoms with Gasteiger partial charge in [-0.3, -0.25) is 10.0 Å². The molecule has 1 rings (SSSR count). The fourth-order valence-electron chi connectivity index (χ4n) is 1.15. The number of hydrogen-bond acceptors (Lipinski definition) is 5. The van der Waals surface area contributed by atoms with Gasteiger partial charge < -0.3 is 10.1 Å². The molecule has 8 heteroatoms. The molecule has 0 spiro atoms. The van der Waals surface area contributed by atoms with Crippen molar-refractivity contribution in [3.63, 3.8) is 0 Å². The van der Waals surface area contributed by atoms with Crippen LogP contribution in [0, 0.1) is 0 Å². The molecule has 19 heavy (non-hydrogen) atoms. The monoisotopic (exact) mass is 307 g/mol. The fourth-order valence-corrected chi connectivity index (χ4v) is 1.40. The summed E-state index contributed by atoms with van der Waals surface area (Å²) < 4.78 is 4.89. The van der Waals surface area contributed by atoms with Crippen molar-refractivity contribution >= 4 is 41.8 Å². The van der Waals surface area contributed by atoms with E-state index in [1.54, 1.807) is 19.4 Å². The van der Waals surface area contributed by atoms with Crippen LogP contribution < -0.4 is 10.8 Å². The molecule has 1 amide bonds. The average Bonchev–Trinajstić information content (AvgIpc) is 2.38. The lowest BCUT2D eigenvalue weighted by Gasteiger charge is -2.07. The lowest BCUT2D eigenvalue weighted by molar-refractivity contribution is -0.124. The summed E-state index contributed by atoms with van der Waals surface area (Å²) in [6, 6.07) is 1.66. The number of nitrogens with zero attached hydrogens (tertiary/aromatic N) is 1. The molecule has 0 saturated carbocycles. The zero-order valence-corrected chi connectivity index (χ0v) is 11.8. The Hall–Kier alpha value is -1.34. The first-order valence-electron chi connectivity index (χ1n) is 5.18. The van der Waals surface area contributed by atoms with Gasteiger partial charge in [0.25, 0.3) is 5.91 Å². The number of methoxy groups -OCH3 is 1. The van der Waals surface area contributed by atoms with Crippen molar-refractivity contribution in [1.82, 2.24) is 10.5 Å². The number of carbonyl (C=O) groups excluding carboxylic acids is 1. The van der Waals surface area contributed by atoms with Gasteiger partial charge in [-0.15, -0.1) is 12.4 Å². The first-order chi connectivity index (χ1) is 8.67. The van der Waals surface area contributed by atoms with Gasteiger partial charge in [0, 0.05) is 25.9 Å². The van der Waals surface area contributed by atoms with Gasteiger partial charge in [-0.05, 0) is 17.7 Å². The van der Waals surface area contributed by atoms with Crippen LogP contribution in [-0.4, -0.2) is 36.4 Å². The number of hydrogen-bond donors (Lipinski definition) is 3. The summed E-state index contributed by atoms with van der Waals surface area (Å²) in [6.45, 7) is 1.15. The minimum Gasteiger partial charge on any atom is -0.383 e. The van der Waals surface area contributed by atoms with Crippen LogP contribution in [0.3, 0.4) is 0 Å². The summed E-state index contributed by atoms with van der Waals surface area (Å²) in [5, 5.41) is 11.8. The second-order valence-corrected chi connectivity index (χ2v) is 3.74. The number of halogens is 2. The summed E-state index contributed by atoms with van der Waals surface area (Å²) in [5.41, 5.74) is 2.14. The van der Waals surface area contributed by atoms with Crippen LogP contribution in [-0.2, 0) is 9.53 Å². The molecule has 0 aliphatic rings. The average molecular weight is 308 g/mol. The lowest BCUT2D eigenvalue weighted by Crippen LogP contribution is -2.14. The molecule has 0 atom stereocenters. The third-order valence-electron chi connectivity index (χ3n) is 2.00. The Morgan fingerprint density at radius 1 is 1.63 bits per heavy atom. The topological polar surface area (TPSA) is 83.5 Å². The molecular formula is C11H15Cl2N3O3. The maximum absolute atomic E-state index is 10.8. The maximum atomic E-state index is 10.8. The number of anilines is 1. The molecule has 1 aromatic heterocycles. The second kappa shape index (κ2) is 9.57. The molecule has 0 saturated heterocycles. The Balaban J connectivity index is 0.00000324. The van der Waals surface area contributed by atoms with Crippen molar-refractivity contribution < 1.29 is 14.7 Å². The normalized spacial score (nSPS) is 10.1. The van der Waals surface area contributed by atoms with Gasteiger partial charge in [0.1, 0.15) is 5.82 Å². The molecule has 0 aliphatic carbocycles. The Labute approximate surface area is 122 Å². The van der Waals surface area contributed by atoms with Crippen LogP contribution in [0.15, 0.2) is 18.3 Å². The van der Waals surface area contributed by atoms with Gasteiger partial charge in [0.2, 0.25) is 0 Å². The fraction of sp³-hybridized carbons (Fsp3) is 0.273. The first kappa shape index (κ1) is 17.7. The van der Waals surface area contributed by atoms with E-state index in [0.29, 0.717) is 29.6 Å². The molecule has 3 N–H and O–H groups in total. The number of aromatic nitrogens is 1. The summed E-state index contributed by atoms with van der Waals surface area (Å²) in [5.74, 6) is -0.0640. The molecule has 1 aromatic rings. The number of hydroxylamine groups is 1. The smallest absolute Gasteiger partial charge is 0.267 e. The van der Waals surface area contributed by atoms with Crippen molar-refractivity contribution in [2.75, 3.05) is 25.6 Å². The van der Waals surface area contributed by atoms with Crippen LogP contribution in [0.2, 0.25) is 5.02 Å². The van der Waals surface area contributed by atoms with Gasteiger partial charge in [0.15, 0.2) is 0 Å². The van der Waals surface area contributed by atoms with Crippen molar-refractivity contribution in [1.29, 1.82) is 0 Å². The number of rotatable bonds is 6. The van der Waals surface area contributed by atoms with E-state index in [2.05, 4.69) is 10.3 Å². The van der Waals surface area contributed by atoms with E-state index in [1.165, 1.54) is 17.6 Å². The minimum atomic E-state index is -0.617. The SMILES string of the molecule is COCCNc1ncc(/C=C/C(=O)NO)cc1Cl.Cl. The summed E-state index contributed by atoms with van der Waals surface area (Å²) in [7, 11) is 1.61. The highest BCUT2D eigenvalue weighted by atomic mass is 35.5. The highest BCUT2D eigenvalue weighted by Gasteiger charge is 2.02. The molecule has 1 heterocycles. The van der Waals surface area contributed by atoms with Crippen molar-refractivity contribution in [3.05, 3.63) is 28.9 Å². The Morgan fingerprint density at radius 3 is 2.95 bits per heavy atom. The largest absolute Gasteiger partial charge is 0.383 e. The van der Waals surface area contributed by atoms with E-state index in [4.69, 9.17) is 21.5 Å². The number of nitrogens with one attached hydrogen (secondary N) is 2. The highest BCUT2D eigenvalue weighted by molar-refractivity contribution is 6.33. The predicted molar refractivity (Wildman–Crippen MR) is 75.8 cm³/mol. The van der Waals surface area contributed by atoms with Gasteiger partial charge in [-0.1, -0.05) is 11.6 Å². The van der Waals surface area contributed by atoms with Gasteiger partial charge in [-0.2, -0.15) is 0 Å². The molecule has 0 fully saturated rings. The third-order valence-corrected chi connectivity index (χ3v) is 2.29. The van der Waals surface area contributed by atoms with Gasteiger partial charge in [0.05, 0.1) is 11.6 Å². The second-order valence-electron chi connectivity index (χ2n) is 3.33. The van der Waals surface area contributed by atoms with Crippen molar-refractivity contribution in [3.8, 4) is 0 Å². The Bertz CT molecular complexity index is 441. The highest BCUT2D eigenvalue weighted by Crippen LogP contribution is 2.20. The number of carbonyl (C=O) groups is 1. The summed E-state index contributed by atoms with van der Waals surface area (Å²) in [4.78, 5) is 14.9. The van der Waals surface area contributed by atoms with Crippen LogP contribution in [0.5, 0.6) is 0 Å². The molecular weight excluding hydrogens is 293 g/mol. The molecule has 0 bridgehead atoms. The van der Waals surface area contributed by atoms with Crippen LogP contribution in [0.1, 0.15) is 5.56 Å². The van der Waals surface area contributed by atoms with E-state index in [0.717, 1.165) is 0 Å². The van der Waals surface area contributed by atoms with E-state index < -0.39 is 5.91 Å². The number of amides is 1. The summed E-state index contributed by atoms with van der Waals surface area (Å²) >= 11 is 6.01. The Morgan fingerprint density at radius 2 is 2.37 bits per heavy atom. The standard InChI is InChI=1S/C11H14ClN3O3.ClH/c1-18-5-4-13-11-9(12)6-8(7-14-11)2-3-10(16)15-17;/h2-3,6-7,17H,4-5H2,1H3,(H,13,14)(H,15,16);1H/b3-2+;. The molecule has 6 nitrogen and oxygen atoms in total. The minimum absolute atomic E-state index is 0. The van der Waals surface area contributed by atoms with Crippen LogP contribution >= 0.6 is 24.0 Å².